The topological polar surface area (TPSA) is 60.8 Å². The van der Waals surface area contributed by atoms with Crippen molar-refractivity contribution in [2.75, 3.05) is 7.11 Å². The third-order valence-electron chi connectivity index (χ3n) is 3.51. The number of hydrogen-bond acceptors (Lipinski definition) is 6. The van der Waals surface area contributed by atoms with E-state index in [2.05, 4.69) is 26.0 Å². The van der Waals surface area contributed by atoms with Gasteiger partial charge in [0.1, 0.15) is 11.2 Å². The largest absolute Gasteiger partial charge is 0.481 e. The summed E-state index contributed by atoms with van der Waals surface area (Å²) < 4.78 is 5.10. The molecule has 4 aromatic heterocycles. The van der Waals surface area contributed by atoms with E-state index in [1.165, 1.54) is 0 Å². The van der Waals surface area contributed by atoms with Crippen LogP contribution in [0.25, 0.3) is 31.9 Å². The van der Waals surface area contributed by atoms with Gasteiger partial charge in [-0.1, -0.05) is 0 Å². The van der Waals surface area contributed by atoms with Gasteiger partial charge in [0.25, 0.3) is 0 Å². The summed E-state index contributed by atoms with van der Waals surface area (Å²) in [5.41, 5.74) is 2.99. The number of rotatable bonds is 3. The Hall–Kier alpha value is -2.86. The highest BCUT2D eigenvalue weighted by molar-refractivity contribution is 7.21. The first-order valence-corrected chi connectivity index (χ1v) is 7.82. The van der Waals surface area contributed by atoms with E-state index in [9.17, 15) is 0 Å². The van der Waals surface area contributed by atoms with Crippen LogP contribution in [0.5, 0.6) is 5.88 Å². The Balaban J connectivity index is 1.84. The number of hydrogen-bond donors (Lipinski definition) is 0. The quantitative estimate of drug-likeness (QED) is 0.574. The number of pyridine rings is 2. The molecule has 0 bridgehead atoms. The normalized spacial score (nSPS) is 10.8. The van der Waals surface area contributed by atoms with E-state index in [0.717, 1.165) is 31.9 Å². The molecule has 4 heterocycles. The van der Waals surface area contributed by atoms with Crippen LogP contribution in [0.4, 0.5) is 0 Å². The molecule has 5 nitrogen and oxygen atoms in total. The second kappa shape index (κ2) is 5.73. The van der Waals surface area contributed by atoms with Crippen LogP contribution < -0.4 is 4.74 Å². The van der Waals surface area contributed by atoms with Crippen LogP contribution in [0.15, 0.2) is 55.2 Å². The van der Waals surface area contributed by atoms with Gasteiger partial charge < -0.3 is 4.74 Å². The first-order chi connectivity index (χ1) is 11.3. The fourth-order valence-electron chi connectivity index (χ4n) is 2.38. The molecule has 0 N–H and O–H groups in total. The zero-order valence-corrected chi connectivity index (χ0v) is 13.1. The van der Waals surface area contributed by atoms with Crippen molar-refractivity contribution in [1.82, 2.24) is 19.9 Å². The van der Waals surface area contributed by atoms with Crippen LogP contribution in [0, 0.1) is 0 Å². The molecule has 0 saturated heterocycles. The molecule has 0 aliphatic heterocycles. The van der Waals surface area contributed by atoms with Gasteiger partial charge >= 0.3 is 0 Å². The minimum atomic E-state index is 0.604. The molecular formula is C17H12N4OS. The molecule has 0 saturated carbocycles. The Morgan fingerprint density at radius 3 is 2.57 bits per heavy atom. The van der Waals surface area contributed by atoms with Crippen LogP contribution >= 0.6 is 11.3 Å². The molecule has 4 rings (SSSR count). The second-order valence-electron chi connectivity index (χ2n) is 4.88. The molecule has 0 amide bonds. The van der Waals surface area contributed by atoms with Crippen molar-refractivity contribution in [2.24, 2.45) is 0 Å². The summed E-state index contributed by atoms with van der Waals surface area (Å²) in [6.07, 6.45) is 6.95. The van der Waals surface area contributed by atoms with Gasteiger partial charge in [-0.05, 0) is 24.3 Å². The van der Waals surface area contributed by atoms with Gasteiger partial charge in [-0.3, -0.25) is 4.98 Å². The molecule has 4 aromatic rings. The molecule has 0 atom stereocenters. The van der Waals surface area contributed by atoms with Gasteiger partial charge in [0.05, 0.1) is 12.8 Å². The monoisotopic (exact) mass is 320 g/mol. The zero-order valence-electron chi connectivity index (χ0n) is 12.3. The summed E-state index contributed by atoms with van der Waals surface area (Å²) in [5.74, 6) is 0.604. The van der Waals surface area contributed by atoms with Crippen LogP contribution in [-0.2, 0) is 0 Å². The molecule has 112 valence electrons. The van der Waals surface area contributed by atoms with E-state index in [4.69, 9.17) is 4.74 Å². The van der Waals surface area contributed by atoms with Crippen molar-refractivity contribution in [2.45, 2.75) is 0 Å². The number of fused-ring (bicyclic) bond motifs is 1. The number of methoxy groups -OCH3 is 1. The summed E-state index contributed by atoms with van der Waals surface area (Å²) in [6, 6.07) is 9.87. The van der Waals surface area contributed by atoms with E-state index in [1.54, 1.807) is 37.2 Å². The first-order valence-electron chi connectivity index (χ1n) is 7.00. The Labute approximate surface area is 136 Å². The van der Waals surface area contributed by atoms with E-state index in [0.29, 0.717) is 5.88 Å². The Morgan fingerprint density at radius 2 is 1.83 bits per heavy atom. The first kappa shape index (κ1) is 13.8. The zero-order chi connectivity index (χ0) is 15.6. The lowest BCUT2D eigenvalue weighted by molar-refractivity contribution is 0.398. The fraction of sp³-hybridized carbons (Fsp3) is 0.0588. The van der Waals surface area contributed by atoms with E-state index in [-0.39, 0.29) is 0 Å². The van der Waals surface area contributed by atoms with Crippen molar-refractivity contribution in [3.05, 3.63) is 55.2 Å². The molecule has 0 aliphatic carbocycles. The fourth-order valence-corrected chi connectivity index (χ4v) is 3.37. The minimum Gasteiger partial charge on any atom is -0.481 e. The maximum Gasteiger partial charge on any atom is 0.212 e. The van der Waals surface area contributed by atoms with Crippen molar-refractivity contribution in [1.29, 1.82) is 0 Å². The Kier molecular flexibility index (Phi) is 3.44. The molecule has 6 heteroatoms. The minimum absolute atomic E-state index is 0.604. The van der Waals surface area contributed by atoms with Crippen molar-refractivity contribution in [3.63, 3.8) is 0 Å². The molecule has 0 aromatic carbocycles. The van der Waals surface area contributed by atoms with Crippen molar-refractivity contribution >= 4 is 21.6 Å². The van der Waals surface area contributed by atoms with E-state index >= 15 is 0 Å². The second-order valence-corrected chi connectivity index (χ2v) is 5.91. The van der Waals surface area contributed by atoms with Crippen LogP contribution in [0.2, 0.25) is 0 Å². The highest BCUT2D eigenvalue weighted by atomic mass is 32.1. The van der Waals surface area contributed by atoms with Crippen LogP contribution in [0.1, 0.15) is 0 Å². The van der Waals surface area contributed by atoms with Gasteiger partial charge in [0.2, 0.25) is 5.88 Å². The van der Waals surface area contributed by atoms with Crippen LogP contribution in [-0.4, -0.2) is 27.0 Å². The number of nitrogens with zero attached hydrogens (tertiary/aromatic N) is 4. The summed E-state index contributed by atoms with van der Waals surface area (Å²) in [6.45, 7) is 0. The number of aromatic nitrogens is 4. The molecule has 0 fully saturated rings. The van der Waals surface area contributed by atoms with Crippen molar-refractivity contribution in [3.8, 4) is 27.6 Å². The number of thiophene rings is 1. The summed E-state index contributed by atoms with van der Waals surface area (Å²) in [4.78, 5) is 19.2. The highest BCUT2D eigenvalue weighted by Gasteiger charge is 2.11. The predicted octanol–water partition coefficient (Wildman–Crippen LogP) is 3.82. The lowest BCUT2D eigenvalue weighted by Gasteiger charge is -2.00. The summed E-state index contributed by atoms with van der Waals surface area (Å²) in [7, 11) is 1.61. The SMILES string of the molecule is COc1ccc(-c2cc3c(-c4ccncc4)ncnc3s2)cn1. The third-order valence-corrected chi connectivity index (χ3v) is 4.61. The Bertz CT molecular complexity index is 951. The third kappa shape index (κ3) is 2.53. The molecule has 0 aliphatic rings. The number of ether oxygens (including phenoxy) is 1. The highest BCUT2D eigenvalue weighted by Crippen LogP contribution is 2.36. The summed E-state index contributed by atoms with van der Waals surface area (Å²) in [5, 5.41) is 1.04. The van der Waals surface area contributed by atoms with Gasteiger partial charge in [0.15, 0.2) is 0 Å². The Morgan fingerprint density at radius 1 is 0.957 bits per heavy atom. The lowest BCUT2D eigenvalue weighted by atomic mass is 10.1. The molecular weight excluding hydrogens is 308 g/mol. The van der Waals surface area contributed by atoms with Crippen molar-refractivity contribution < 1.29 is 4.74 Å². The van der Waals surface area contributed by atoms with Gasteiger partial charge in [-0.25, -0.2) is 15.0 Å². The molecule has 23 heavy (non-hydrogen) atoms. The average Bonchev–Trinajstić information content (AvgIpc) is 3.06. The maximum atomic E-state index is 5.10. The van der Waals surface area contributed by atoms with Gasteiger partial charge in [-0.15, -0.1) is 11.3 Å². The maximum absolute atomic E-state index is 5.10. The summed E-state index contributed by atoms with van der Waals surface area (Å²) >= 11 is 1.63. The standard InChI is InChI=1S/C17H12N4OS/c1-22-15-3-2-12(9-19-15)14-8-13-16(11-4-6-18-7-5-11)20-10-21-17(13)23-14/h2-10H,1H3. The van der Waals surface area contributed by atoms with E-state index < -0.39 is 0 Å². The van der Waals surface area contributed by atoms with Crippen LogP contribution in [0.3, 0.4) is 0 Å². The average molecular weight is 320 g/mol. The van der Waals surface area contributed by atoms with Gasteiger partial charge in [-0.2, -0.15) is 0 Å². The lowest BCUT2D eigenvalue weighted by Crippen LogP contribution is -1.86. The predicted molar refractivity (Wildman–Crippen MR) is 90.4 cm³/mol. The van der Waals surface area contributed by atoms with Gasteiger partial charge in [0, 0.05) is 46.0 Å². The van der Waals surface area contributed by atoms with E-state index in [1.807, 2.05) is 30.5 Å². The molecule has 0 spiro atoms. The molecule has 0 unspecified atom stereocenters. The molecule has 0 radical (unpaired) electrons. The smallest absolute Gasteiger partial charge is 0.212 e.